The van der Waals surface area contributed by atoms with Crippen molar-refractivity contribution in [3.8, 4) is 0 Å². The molecule has 0 saturated carbocycles. The van der Waals surface area contributed by atoms with Gasteiger partial charge in [-0.05, 0) is 37.3 Å². The highest BCUT2D eigenvalue weighted by Crippen LogP contribution is 2.24. The Morgan fingerprint density at radius 1 is 1.08 bits per heavy atom. The Labute approximate surface area is 146 Å². The number of esters is 1. The van der Waals surface area contributed by atoms with Gasteiger partial charge >= 0.3 is 5.97 Å². The van der Waals surface area contributed by atoms with Gasteiger partial charge in [-0.25, -0.2) is 4.79 Å². The van der Waals surface area contributed by atoms with E-state index in [1.807, 2.05) is 6.92 Å². The molecule has 6 heteroatoms. The van der Waals surface area contributed by atoms with E-state index >= 15 is 0 Å². The Bertz CT molecular complexity index is 802. The zero-order chi connectivity index (χ0) is 18.4. The number of carbonyl (C=O) groups excluding carboxylic acids is 3. The summed E-state index contributed by atoms with van der Waals surface area (Å²) in [5.41, 5.74) is 1.74. The molecule has 0 aliphatic heterocycles. The van der Waals surface area contributed by atoms with Crippen LogP contribution in [-0.4, -0.2) is 31.4 Å². The van der Waals surface area contributed by atoms with Gasteiger partial charge in [0, 0.05) is 24.7 Å². The van der Waals surface area contributed by atoms with E-state index in [-0.39, 0.29) is 11.8 Å². The topological polar surface area (TPSA) is 75.7 Å². The molecule has 0 saturated heterocycles. The van der Waals surface area contributed by atoms with Crippen LogP contribution in [-0.2, 0) is 9.53 Å². The van der Waals surface area contributed by atoms with Crippen LogP contribution in [0, 0.1) is 0 Å². The minimum absolute atomic E-state index is 0.215. The van der Waals surface area contributed by atoms with Gasteiger partial charge in [0.05, 0.1) is 18.4 Å². The molecule has 0 atom stereocenters. The Kier molecular flexibility index (Phi) is 5.89. The van der Waals surface area contributed by atoms with Crippen LogP contribution in [0.1, 0.15) is 34.6 Å². The molecular weight excluding hydrogens is 320 g/mol. The molecule has 0 fully saturated rings. The van der Waals surface area contributed by atoms with Crippen LogP contribution in [0.4, 0.5) is 11.4 Å². The molecule has 6 nitrogen and oxygen atoms in total. The maximum Gasteiger partial charge on any atom is 0.339 e. The fraction of sp³-hybridized carbons (Fsp3) is 0.211. The first-order valence-electron chi connectivity index (χ1n) is 7.84. The van der Waals surface area contributed by atoms with E-state index in [2.05, 4.69) is 5.32 Å². The molecule has 0 aromatic heterocycles. The van der Waals surface area contributed by atoms with Crippen molar-refractivity contribution in [2.75, 3.05) is 23.9 Å². The minimum atomic E-state index is -0.506. The van der Waals surface area contributed by atoms with Crippen LogP contribution in [0.15, 0.2) is 48.5 Å². The summed E-state index contributed by atoms with van der Waals surface area (Å²) in [6, 6.07) is 13.5. The van der Waals surface area contributed by atoms with Crippen molar-refractivity contribution < 1.29 is 19.1 Å². The third-order valence-electron chi connectivity index (χ3n) is 3.59. The summed E-state index contributed by atoms with van der Waals surface area (Å²) in [5.74, 6) is -0.993. The second-order valence-corrected chi connectivity index (χ2v) is 5.32. The minimum Gasteiger partial charge on any atom is -0.465 e. The number of amides is 2. The number of hydrogen-bond donors (Lipinski definition) is 1. The van der Waals surface area contributed by atoms with E-state index < -0.39 is 5.97 Å². The predicted molar refractivity (Wildman–Crippen MR) is 95.9 cm³/mol. The third kappa shape index (κ3) is 4.23. The van der Waals surface area contributed by atoms with Crippen molar-refractivity contribution in [2.24, 2.45) is 0 Å². The van der Waals surface area contributed by atoms with Gasteiger partial charge in [0.15, 0.2) is 0 Å². The summed E-state index contributed by atoms with van der Waals surface area (Å²) < 4.78 is 4.80. The van der Waals surface area contributed by atoms with Gasteiger partial charge in [-0.2, -0.15) is 0 Å². The molecule has 1 N–H and O–H groups in total. The lowest BCUT2D eigenvalue weighted by Crippen LogP contribution is -2.32. The Hall–Kier alpha value is -3.15. The molecule has 0 radical (unpaired) electrons. The first-order valence-corrected chi connectivity index (χ1v) is 7.84. The van der Waals surface area contributed by atoms with Crippen molar-refractivity contribution in [3.63, 3.8) is 0 Å². The second kappa shape index (κ2) is 8.10. The maximum atomic E-state index is 12.9. The number of methoxy groups -OCH3 is 1. The van der Waals surface area contributed by atoms with E-state index in [0.717, 1.165) is 0 Å². The highest BCUT2D eigenvalue weighted by atomic mass is 16.5. The lowest BCUT2D eigenvalue weighted by molar-refractivity contribution is -0.114. The molecule has 0 aliphatic rings. The Morgan fingerprint density at radius 3 is 2.44 bits per heavy atom. The average molecular weight is 340 g/mol. The number of nitrogens with zero attached hydrogens (tertiary/aromatic N) is 1. The van der Waals surface area contributed by atoms with E-state index in [1.54, 1.807) is 48.5 Å². The molecule has 0 bridgehead atoms. The number of para-hydroxylation sites is 1. The van der Waals surface area contributed by atoms with Gasteiger partial charge < -0.3 is 15.0 Å². The van der Waals surface area contributed by atoms with Crippen molar-refractivity contribution in [3.05, 3.63) is 59.7 Å². The Morgan fingerprint density at radius 2 is 1.80 bits per heavy atom. The molecule has 0 heterocycles. The van der Waals surface area contributed by atoms with Crippen LogP contribution in [0.5, 0.6) is 0 Å². The molecule has 0 spiro atoms. The van der Waals surface area contributed by atoms with Gasteiger partial charge in [0.1, 0.15) is 0 Å². The predicted octanol–water partition coefficient (Wildman–Crippen LogP) is 3.10. The first kappa shape index (κ1) is 18.2. The number of rotatable bonds is 5. The smallest absolute Gasteiger partial charge is 0.339 e. The van der Waals surface area contributed by atoms with Gasteiger partial charge in [0.2, 0.25) is 5.91 Å². The number of benzene rings is 2. The van der Waals surface area contributed by atoms with Crippen LogP contribution < -0.4 is 10.2 Å². The first-order chi connectivity index (χ1) is 12.0. The van der Waals surface area contributed by atoms with Crippen LogP contribution in [0.2, 0.25) is 0 Å². The summed E-state index contributed by atoms with van der Waals surface area (Å²) in [5, 5.41) is 2.65. The summed E-state index contributed by atoms with van der Waals surface area (Å²) in [4.78, 5) is 37.6. The fourth-order valence-electron chi connectivity index (χ4n) is 2.50. The van der Waals surface area contributed by atoms with Crippen LogP contribution in [0.3, 0.4) is 0 Å². The van der Waals surface area contributed by atoms with E-state index in [0.29, 0.717) is 29.0 Å². The molecule has 2 aromatic carbocycles. The normalized spacial score (nSPS) is 10.0. The zero-order valence-corrected chi connectivity index (χ0v) is 14.4. The third-order valence-corrected chi connectivity index (χ3v) is 3.59. The number of carbonyl (C=O) groups is 3. The molecule has 0 unspecified atom stereocenters. The van der Waals surface area contributed by atoms with Gasteiger partial charge in [-0.15, -0.1) is 0 Å². The van der Waals surface area contributed by atoms with Crippen LogP contribution >= 0.6 is 0 Å². The molecule has 2 amide bonds. The second-order valence-electron chi connectivity index (χ2n) is 5.32. The maximum absolute atomic E-state index is 12.9. The monoisotopic (exact) mass is 340 g/mol. The number of ether oxygens (including phenoxy) is 1. The summed E-state index contributed by atoms with van der Waals surface area (Å²) in [6.45, 7) is 3.60. The number of nitrogens with one attached hydrogen (secondary N) is 1. The highest BCUT2D eigenvalue weighted by molar-refractivity contribution is 6.10. The summed E-state index contributed by atoms with van der Waals surface area (Å²) in [7, 11) is 1.30. The molecule has 2 aromatic rings. The number of anilines is 2. The van der Waals surface area contributed by atoms with Crippen LogP contribution in [0.25, 0.3) is 0 Å². The van der Waals surface area contributed by atoms with Gasteiger partial charge in [-0.1, -0.05) is 18.2 Å². The van der Waals surface area contributed by atoms with E-state index in [9.17, 15) is 14.4 Å². The van der Waals surface area contributed by atoms with Gasteiger partial charge in [-0.3, -0.25) is 9.59 Å². The SMILES string of the molecule is CCN(C(=O)c1cccc(NC(C)=O)c1)c1ccccc1C(=O)OC. The standard InChI is InChI=1S/C19H20N2O4/c1-4-21(17-11-6-5-10-16(17)19(24)25-3)18(23)14-8-7-9-15(12-14)20-13(2)22/h5-12H,4H2,1-3H3,(H,20,22). The Balaban J connectivity index is 2.40. The molecule has 0 aliphatic carbocycles. The van der Waals surface area contributed by atoms with Crippen molar-refractivity contribution in [2.45, 2.75) is 13.8 Å². The molecule has 25 heavy (non-hydrogen) atoms. The quantitative estimate of drug-likeness (QED) is 0.849. The molecule has 130 valence electrons. The van der Waals surface area contributed by atoms with Crippen molar-refractivity contribution >= 4 is 29.2 Å². The van der Waals surface area contributed by atoms with Crippen molar-refractivity contribution in [1.29, 1.82) is 0 Å². The lowest BCUT2D eigenvalue weighted by atomic mass is 10.1. The highest BCUT2D eigenvalue weighted by Gasteiger charge is 2.22. The summed E-state index contributed by atoms with van der Waals surface area (Å²) >= 11 is 0. The molecular formula is C19H20N2O4. The van der Waals surface area contributed by atoms with Gasteiger partial charge in [0.25, 0.3) is 5.91 Å². The molecule has 2 rings (SSSR count). The fourth-order valence-corrected chi connectivity index (χ4v) is 2.50. The lowest BCUT2D eigenvalue weighted by Gasteiger charge is -2.23. The number of hydrogen-bond acceptors (Lipinski definition) is 4. The average Bonchev–Trinajstić information content (AvgIpc) is 2.61. The largest absolute Gasteiger partial charge is 0.465 e. The van der Waals surface area contributed by atoms with E-state index in [1.165, 1.54) is 18.9 Å². The summed E-state index contributed by atoms with van der Waals surface area (Å²) in [6.07, 6.45) is 0. The zero-order valence-electron chi connectivity index (χ0n) is 14.4. The van der Waals surface area contributed by atoms with Crippen molar-refractivity contribution in [1.82, 2.24) is 0 Å². The van der Waals surface area contributed by atoms with E-state index in [4.69, 9.17) is 4.74 Å².